The van der Waals surface area contributed by atoms with Gasteiger partial charge in [-0.3, -0.25) is 9.59 Å². The van der Waals surface area contributed by atoms with E-state index < -0.39 is 59.4 Å². The predicted octanol–water partition coefficient (Wildman–Crippen LogP) is 2.81. The molecule has 1 heterocycles. The molecule has 0 N–H and O–H groups in total. The van der Waals surface area contributed by atoms with Gasteiger partial charge in [0.05, 0.1) is 5.92 Å². The summed E-state index contributed by atoms with van der Waals surface area (Å²) in [5.41, 5.74) is -2.45. The van der Waals surface area contributed by atoms with Crippen molar-refractivity contribution >= 4 is 17.9 Å². The minimum absolute atomic E-state index is 0.0145. The number of halogens is 6. The van der Waals surface area contributed by atoms with Gasteiger partial charge < -0.3 is 14.2 Å². The Morgan fingerprint density at radius 1 is 1.18 bits per heavy atom. The van der Waals surface area contributed by atoms with Crippen molar-refractivity contribution in [1.29, 1.82) is 0 Å². The maximum absolute atomic E-state index is 12.7. The predicted molar refractivity (Wildman–Crippen MR) is 75.0 cm³/mol. The molecule has 0 aromatic heterocycles. The summed E-state index contributed by atoms with van der Waals surface area (Å²) in [7, 11) is 0. The van der Waals surface area contributed by atoms with Crippen molar-refractivity contribution in [3.63, 3.8) is 0 Å². The summed E-state index contributed by atoms with van der Waals surface area (Å²) in [5, 5.41) is 0. The Hall–Kier alpha value is -2.27. The van der Waals surface area contributed by atoms with Crippen LogP contribution < -0.4 is 0 Å². The van der Waals surface area contributed by atoms with E-state index in [1.54, 1.807) is 0 Å². The van der Waals surface area contributed by atoms with Gasteiger partial charge in [-0.15, -0.1) is 0 Å². The van der Waals surface area contributed by atoms with Gasteiger partial charge in [0.2, 0.25) is 0 Å². The van der Waals surface area contributed by atoms with E-state index >= 15 is 0 Å². The largest absolute Gasteiger partial charge is 0.442 e. The zero-order chi connectivity index (χ0) is 21.3. The van der Waals surface area contributed by atoms with Crippen LogP contribution in [0.1, 0.15) is 26.2 Å². The fourth-order valence-corrected chi connectivity index (χ4v) is 4.27. The molecule has 4 unspecified atom stereocenters. The van der Waals surface area contributed by atoms with E-state index in [0.29, 0.717) is 0 Å². The highest BCUT2D eigenvalue weighted by Crippen LogP contribution is 2.67. The highest BCUT2D eigenvalue weighted by molar-refractivity contribution is 6.03. The zero-order valence-electron chi connectivity index (χ0n) is 14.3. The minimum Gasteiger partial charge on any atom is -0.442 e. The Morgan fingerprint density at radius 3 is 2.21 bits per heavy atom. The molecule has 3 fully saturated rings. The number of ether oxygens (including phenoxy) is 3. The second kappa shape index (κ2) is 5.86. The second-order valence-corrected chi connectivity index (χ2v) is 7.27. The number of carbonyl (C=O) groups excluding carboxylic acids is 3. The summed E-state index contributed by atoms with van der Waals surface area (Å²) in [5.74, 6) is -7.96. The third-order valence-electron chi connectivity index (χ3n) is 5.31. The topological polar surface area (TPSA) is 78.9 Å². The van der Waals surface area contributed by atoms with Crippen LogP contribution in [0.3, 0.4) is 0 Å². The Balaban J connectivity index is 1.92. The molecule has 6 nitrogen and oxygen atoms in total. The fourth-order valence-electron chi connectivity index (χ4n) is 4.27. The van der Waals surface area contributed by atoms with E-state index in [1.807, 2.05) is 0 Å². The summed E-state index contributed by atoms with van der Waals surface area (Å²) in [6, 6.07) is 0. The number of esters is 3. The molecule has 4 atom stereocenters. The molecule has 0 aromatic rings. The van der Waals surface area contributed by atoms with Gasteiger partial charge in [-0.2, -0.15) is 26.3 Å². The van der Waals surface area contributed by atoms with E-state index in [9.17, 15) is 40.7 Å². The van der Waals surface area contributed by atoms with E-state index in [4.69, 9.17) is 9.47 Å². The third-order valence-corrected chi connectivity index (χ3v) is 5.31. The van der Waals surface area contributed by atoms with Crippen molar-refractivity contribution in [2.45, 2.75) is 50.4 Å². The Kier molecular flexibility index (Phi) is 4.29. The number of hydrogen-bond acceptors (Lipinski definition) is 6. The van der Waals surface area contributed by atoms with Crippen LogP contribution >= 0.6 is 0 Å². The van der Waals surface area contributed by atoms with Gasteiger partial charge in [-0.05, 0) is 25.7 Å². The lowest BCUT2D eigenvalue weighted by atomic mass is 9.72. The highest BCUT2D eigenvalue weighted by atomic mass is 19.4. The molecule has 0 radical (unpaired) electrons. The summed E-state index contributed by atoms with van der Waals surface area (Å²) < 4.78 is 90.3. The van der Waals surface area contributed by atoms with Crippen LogP contribution in [0.5, 0.6) is 0 Å². The molecule has 2 bridgehead atoms. The standard InChI is InChI=1S/C16H14F6O6/c1-6(2)9(23)27-14-5-7-3-8(14)13(4-7,12(25)28-14)11(24)26-10(15(17,18)19)16(20,21)22/h7-8,10H,1,3-5H2,2H3. The number of rotatable bonds is 4. The first-order chi connectivity index (χ1) is 12.6. The molecule has 1 saturated heterocycles. The van der Waals surface area contributed by atoms with Crippen LogP contribution in [0.2, 0.25) is 0 Å². The average molecular weight is 416 g/mol. The SMILES string of the molecule is C=C(C)C(=O)OC12CC3CC1C(C(=O)OC(C(F)(F)F)C(F)(F)F)(C3)C(=O)O2. The van der Waals surface area contributed by atoms with E-state index in [0.717, 1.165) is 0 Å². The minimum atomic E-state index is -5.92. The van der Waals surface area contributed by atoms with Crippen molar-refractivity contribution in [3.8, 4) is 0 Å². The van der Waals surface area contributed by atoms with Crippen molar-refractivity contribution in [1.82, 2.24) is 0 Å². The van der Waals surface area contributed by atoms with Crippen molar-refractivity contribution < 1.29 is 54.9 Å². The average Bonchev–Trinajstić information content (AvgIpc) is 3.08. The van der Waals surface area contributed by atoms with Crippen molar-refractivity contribution in [2.24, 2.45) is 17.3 Å². The van der Waals surface area contributed by atoms with Crippen molar-refractivity contribution in [2.75, 3.05) is 0 Å². The molecule has 0 spiro atoms. The first-order valence-electron chi connectivity index (χ1n) is 8.10. The lowest BCUT2D eigenvalue weighted by Crippen LogP contribution is -2.52. The van der Waals surface area contributed by atoms with Crippen LogP contribution in [0.15, 0.2) is 12.2 Å². The molecule has 12 heteroatoms. The third kappa shape index (κ3) is 2.84. The van der Waals surface area contributed by atoms with Crippen LogP contribution in [-0.4, -0.2) is 42.2 Å². The van der Waals surface area contributed by atoms with Gasteiger partial charge in [0.25, 0.3) is 11.9 Å². The molecule has 156 valence electrons. The first kappa shape index (κ1) is 20.5. The molecule has 2 saturated carbocycles. The Morgan fingerprint density at radius 2 is 1.75 bits per heavy atom. The van der Waals surface area contributed by atoms with E-state index in [-0.39, 0.29) is 24.8 Å². The monoisotopic (exact) mass is 416 g/mol. The van der Waals surface area contributed by atoms with Crippen LogP contribution in [0, 0.1) is 17.3 Å². The lowest BCUT2D eigenvalue weighted by Gasteiger charge is -2.34. The molecule has 3 rings (SSSR count). The maximum Gasteiger partial charge on any atom is 0.434 e. The van der Waals surface area contributed by atoms with Gasteiger partial charge in [-0.1, -0.05) is 6.58 Å². The van der Waals surface area contributed by atoms with E-state index in [1.165, 1.54) is 6.92 Å². The van der Waals surface area contributed by atoms with Gasteiger partial charge >= 0.3 is 30.3 Å². The zero-order valence-corrected chi connectivity index (χ0v) is 14.3. The summed E-state index contributed by atoms with van der Waals surface area (Å²) in [6.07, 6.45) is -16.5. The Bertz CT molecular complexity index is 744. The number of carbonyl (C=O) groups is 3. The number of alkyl halides is 6. The van der Waals surface area contributed by atoms with Gasteiger partial charge in [0, 0.05) is 12.0 Å². The van der Waals surface area contributed by atoms with E-state index in [2.05, 4.69) is 11.3 Å². The Labute approximate surface area is 153 Å². The fraction of sp³-hybridized carbons (Fsp3) is 0.688. The molecular formula is C16H14F6O6. The van der Waals surface area contributed by atoms with Crippen LogP contribution in [-0.2, 0) is 28.6 Å². The van der Waals surface area contributed by atoms with Crippen LogP contribution in [0.4, 0.5) is 26.3 Å². The molecule has 28 heavy (non-hydrogen) atoms. The smallest absolute Gasteiger partial charge is 0.434 e. The number of fused-ring (bicyclic) bond motifs is 1. The molecule has 0 aromatic carbocycles. The quantitative estimate of drug-likeness (QED) is 0.304. The molecule has 3 aliphatic rings. The molecule has 2 aliphatic carbocycles. The maximum atomic E-state index is 12.7. The number of hydrogen-bond donors (Lipinski definition) is 0. The summed E-state index contributed by atoms with van der Waals surface area (Å²) >= 11 is 0. The molecule has 1 aliphatic heterocycles. The first-order valence-corrected chi connectivity index (χ1v) is 8.10. The van der Waals surface area contributed by atoms with Crippen LogP contribution in [0.25, 0.3) is 0 Å². The van der Waals surface area contributed by atoms with Crippen molar-refractivity contribution in [3.05, 3.63) is 12.2 Å². The second-order valence-electron chi connectivity index (χ2n) is 7.27. The van der Waals surface area contributed by atoms with Gasteiger partial charge in [0.15, 0.2) is 5.41 Å². The summed E-state index contributed by atoms with van der Waals surface area (Å²) in [6.45, 7) is 4.64. The van der Waals surface area contributed by atoms with Gasteiger partial charge in [-0.25, -0.2) is 4.79 Å². The normalized spacial score (nSPS) is 33.8. The summed E-state index contributed by atoms with van der Waals surface area (Å²) in [4.78, 5) is 36.7. The highest BCUT2D eigenvalue weighted by Gasteiger charge is 2.80. The lowest BCUT2D eigenvalue weighted by molar-refractivity contribution is -0.315. The molecular weight excluding hydrogens is 402 g/mol. The van der Waals surface area contributed by atoms with Gasteiger partial charge in [0.1, 0.15) is 0 Å². The molecule has 0 amide bonds.